The molecular formula is C28H31ClF2N10O. The first-order valence-electron chi connectivity index (χ1n) is 12.1. The van der Waals surface area contributed by atoms with Gasteiger partial charge in [-0.2, -0.15) is 10.4 Å². The van der Waals surface area contributed by atoms with Crippen LogP contribution in [0.15, 0.2) is 48.5 Å². The van der Waals surface area contributed by atoms with Gasteiger partial charge in [0.2, 0.25) is 0 Å². The van der Waals surface area contributed by atoms with Crippen LogP contribution in [-0.4, -0.2) is 25.6 Å². The highest BCUT2D eigenvalue weighted by atomic mass is 35.5. The van der Waals surface area contributed by atoms with Crippen LogP contribution in [0.4, 0.5) is 37.6 Å². The van der Waals surface area contributed by atoms with Gasteiger partial charge in [-0.15, -0.1) is 0 Å². The van der Waals surface area contributed by atoms with Crippen molar-refractivity contribution in [1.29, 1.82) is 5.26 Å². The predicted molar refractivity (Wildman–Crippen MR) is 163 cm³/mol. The van der Waals surface area contributed by atoms with Crippen LogP contribution in [0.25, 0.3) is 11.0 Å². The predicted octanol–water partition coefficient (Wildman–Crippen LogP) is 5.14. The number of anilines is 5. The number of benzene rings is 2. The van der Waals surface area contributed by atoms with Crippen molar-refractivity contribution in [2.75, 3.05) is 16.4 Å². The molecule has 14 heteroatoms. The number of aromatic amines is 1. The molecule has 0 bridgehead atoms. The molecule has 0 spiro atoms. The number of aromatic nitrogens is 4. The Bertz CT molecular complexity index is 1740. The van der Waals surface area contributed by atoms with Crippen LogP contribution in [0.5, 0.6) is 0 Å². The maximum atomic E-state index is 14.0. The molecule has 2 aromatic carbocycles. The molecule has 0 aliphatic carbocycles. The normalized spacial score (nSPS) is 9.90. The lowest BCUT2D eigenvalue weighted by Crippen LogP contribution is -2.02. The molecule has 42 heavy (non-hydrogen) atoms. The van der Waals surface area contributed by atoms with Crippen molar-refractivity contribution in [2.24, 2.45) is 11.7 Å². The highest BCUT2D eigenvalue weighted by molar-refractivity contribution is 6.30. The topological polar surface area (TPSA) is 212 Å². The van der Waals surface area contributed by atoms with E-state index in [0.29, 0.717) is 16.9 Å². The monoisotopic (exact) mass is 596 g/mol. The van der Waals surface area contributed by atoms with E-state index in [0.717, 1.165) is 34.1 Å². The fraction of sp³-hybridized carbons (Fsp3) is 0.143. The molecule has 0 aliphatic heterocycles. The van der Waals surface area contributed by atoms with E-state index in [-0.39, 0.29) is 27.8 Å². The standard InChI is InChI=1S/C14H11ClFN3.C14H14FN5.H4N2.H2O/c1-8-3-4-11(5-9(8)2)18-14-12(16)6-10(7-17)13(15)19-14;1-7-3-4-9(5-8(7)2)17-14-11(15)6-10-12(16)19-20-13(10)18-14;1-2;/h3-6H,1-2H3,(H,18,19);3-6H,1-2H3,(H4,16,17,18,19,20);1-2H2;1H2. The maximum Gasteiger partial charge on any atom is 0.185 e. The summed E-state index contributed by atoms with van der Waals surface area (Å²) >= 11 is 5.78. The number of halogens is 3. The van der Waals surface area contributed by atoms with E-state index < -0.39 is 11.6 Å². The van der Waals surface area contributed by atoms with E-state index >= 15 is 0 Å². The number of nitrogen functional groups attached to an aromatic ring is 1. The number of nitrogens with zero attached hydrogens (tertiary/aromatic N) is 4. The molecule has 0 fully saturated rings. The zero-order valence-electron chi connectivity index (χ0n) is 23.3. The van der Waals surface area contributed by atoms with Gasteiger partial charge in [-0.05, 0) is 86.3 Å². The van der Waals surface area contributed by atoms with Crippen molar-refractivity contribution in [3.63, 3.8) is 0 Å². The molecule has 0 saturated heterocycles. The summed E-state index contributed by atoms with van der Waals surface area (Å²) < 4.78 is 27.8. The zero-order chi connectivity index (χ0) is 30.3. The third-order valence-electron chi connectivity index (χ3n) is 6.12. The van der Waals surface area contributed by atoms with Gasteiger partial charge in [0.15, 0.2) is 28.9 Å². The molecule has 220 valence electrons. The lowest BCUT2D eigenvalue weighted by molar-refractivity contribution is 0.626. The first-order chi connectivity index (χ1) is 19.5. The molecule has 11 N–H and O–H groups in total. The Morgan fingerprint density at radius 3 is 1.81 bits per heavy atom. The van der Waals surface area contributed by atoms with Gasteiger partial charge in [-0.25, -0.2) is 18.7 Å². The van der Waals surface area contributed by atoms with Crippen LogP contribution >= 0.6 is 11.6 Å². The van der Waals surface area contributed by atoms with Crippen LogP contribution in [0.3, 0.4) is 0 Å². The number of nitrogens with two attached hydrogens (primary N) is 3. The molecule has 0 saturated carbocycles. The first-order valence-corrected chi connectivity index (χ1v) is 12.5. The Balaban J connectivity index is 0.000000272. The van der Waals surface area contributed by atoms with Gasteiger partial charge < -0.3 is 21.8 Å². The average Bonchev–Trinajstić information content (AvgIpc) is 3.31. The molecule has 0 amide bonds. The largest absolute Gasteiger partial charge is 0.412 e. The summed E-state index contributed by atoms with van der Waals surface area (Å²) in [5, 5.41) is 21.5. The van der Waals surface area contributed by atoms with Gasteiger partial charge in [0.25, 0.3) is 0 Å². The second-order valence-corrected chi connectivity index (χ2v) is 9.30. The summed E-state index contributed by atoms with van der Waals surface area (Å²) in [6.45, 7) is 7.99. The van der Waals surface area contributed by atoms with Gasteiger partial charge in [0.1, 0.15) is 17.0 Å². The Morgan fingerprint density at radius 1 is 0.810 bits per heavy atom. The molecule has 5 aromatic rings. The van der Waals surface area contributed by atoms with Crippen LogP contribution < -0.4 is 28.1 Å². The minimum Gasteiger partial charge on any atom is -0.412 e. The molecule has 0 atom stereocenters. The Labute approximate surface area is 246 Å². The summed E-state index contributed by atoms with van der Waals surface area (Å²) in [6, 6.07) is 15.6. The third-order valence-corrected chi connectivity index (χ3v) is 6.41. The van der Waals surface area contributed by atoms with Crippen LogP contribution in [0.2, 0.25) is 5.15 Å². The number of hydrogen-bond donors (Lipinski definition) is 6. The maximum absolute atomic E-state index is 14.0. The highest BCUT2D eigenvalue weighted by Gasteiger charge is 2.12. The number of rotatable bonds is 4. The summed E-state index contributed by atoms with van der Waals surface area (Å²) in [4.78, 5) is 7.98. The first kappa shape index (κ1) is 33.3. The molecule has 0 unspecified atom stereocenters. The van der Waals surface area contributed by atoms with Gasteiger partial charge >= 0.3 is 0 Å². The Hall–Kier alpha value is -4.87. The van der Waals surface area contributed by atoms with Crippen molar-refractivity contribution in [3.8, 4) is 6.07 Å². The van der Waals surface area contributed by atoms with Crippen molar-refractivity contribution in [3.05, 3.63) is 93.1 Å². The second-order valence-electron chi connectivity index (χ2n) is 8.94. The van der Waals surface area contributed by atoms with Gasteiger partial charge in [-0.3, -0.25) is 16.8 Å². The molecule has 5 rings (SSSR count). The van der Waals surface area contributed by atoms with Crippen molar-refractivity contribution >= 4 is 51.5 Å². The van der Waals surface area contributed by atoms with E-state index in [1.807, 2.05) is 64.1 Å². The number of hydrogen-bond acceptors (Lipinski definition) is 9. The number of nitriles is 1. The van der Waals surface area contributed by atoms with Gasteiger partial charge in [0.05, 0.1) is 10.9 Å². The minimum atomic E-state index is -0.612. The van der Waals surface area contributed by atoms with Crippen molar-refractivity contribution in [2.45, 2.75) is 27.7 Å². The second kappa shape index (κ2) is 14.7. The van der Waals surface area contributed by atoms with E-state index in [1.165, 1.54) is 11.6 Å². The molecule has 0 aliphatic rings. The minimum absolute atomic E-state index is 0. The van der Waals surface area contributed by atoms with E-state index in [4.69, 9.17) is 22.6 Å². The lowest BCUT2D eigenvalue weighted by Gasteiger charge is -2.09. The van der Waals surface area contributed by atoms with Crippen LogP contribution in [0, 0.1) is 50.7 Å². The summed E-state index contributed by atoms with van der Waals surface area (Å²) in [6.07, 6.45) is 0. The smallest absolute Gasteiger partial charge is 0.185 e. The number of nitrogens with one attached hydrogen (secondary N) is 3. The SMILES string of the molecule is Cc1ccc(Nc2nc(Cl)c(C#N)cc2F)cc1C.Cc1ccc(Nc2nc3n[nH]c(N)c3cc2F)cc1C.NN.O. The molecule has 3 aromatic heterocycles. The number of H-pyrrole nitrogens is 1. The summed E-state index contributed by atoms with van der Waals surface area (Å²) in [5.74, 6) is 7.37. The number of fused-ring (bicyclic) bond motifs is 1. The van der Waals surface area contributed by atoms with E-state index in [2.05, 4.69) is 42.5 Å². The number of aryl methyl sites for hydroxylation is 4. The third kappa shape index (κ3) is 7.87. The zero-order valence-corrected chi connectivity index (χ0v) is 24.0. The summed E-state index contributed by atoms with van der Waals surface area (Å²) in [5.41, 5.74) is 12.1. The molecule has 3 heterocycles. The Kier molecular flexibility index (Phi) is 11.6. The molecule has 11 nitrogen and oxygen atoms in total. The average molecular weight is 597 g/mol. The van der Waals surface area contributed by atoms with Crippen LogP contribution in [-0.2, 0) is 0 Å². The molecule has 0 radical (unpaired) electrons. The fourth-order valence-corrected chi connectivity index (χ4v) is 3.75. The fourth-order valence-electron chi connectivity index (χ4n) is 3.57. The van der Waals surface area contributed by atoms with E-state index in [1.54, 1.807) is 6.07 Å². The van der Waals surface area contributed by atoms with E-state index in [9.17, 15) is 8.78 Å². The molecular weight excluding hydrogens is 566 g/mol. The number of pyridine rings is 2. The quantitative estimate of drug-likeness (QED) is 0.0919. The van der Waals surface area contributed by atoms with Crippen molar-refractivity contribution < 1.29 is 14.3 Å². The summed E-state index contributed by atoms with van der Waals surface area (Å²) in [7, 11) is 0. The Morgan fingerprint density at radius 2 is 1.31 bits per heavy atom. The van der Waals surface area contributed by atoms with Crippen molar-refractivity contribution in [1.82, 2.24) is 20.2 Å². The lowest BCUT2D eigenvalue weighted by atomic mass is 10.1. The number of hydrazine groups is 1. The van der Waals surface area contributed by atoms with Crippen LogP contribution in [0.1, 0.15) is 27.8 Å². The highest BCUT2D eigenvalue weighted by Crippen LogP contribution is 2.26. The van der Waals surface area contributed by atoms with Gasteiger partial charge in [0, 0.05) is 11.4 Å². The van der Waals surface area contributed by atoms with Gasteiger partial charge in [-0.1, -0.05) is 23.7 Å².